The summed E-state index contributed by atoms with van der Waals surface area (Å²) in [6.07, 6.45) is 1.22. The van der Waals surface area contributed by atoms with Gasteiger partial charge in [-0.15, -0.1) is 0 Å². The van der Waals surface area contributed by atoms with Crippen LogP contribution in [0.3, 0.4) is 0 Å². The molecule has 2 atom stereocenters. The van der Waals surface area contributed by atoms with Crippen molar-refractivity contribution >= 4 is 33.2 Å². The molecular weight excluding hydrogens is 324 g/mol. The zero-order chi connectivity index (χ0) is 14.0. The Bertz CT molecular complexity index is 436. The lowest BCUT2D eigenvalue weighted by Crippen LogP contribution is -2.56. The predicted molar refractivity (Wildman–Crippen MR) is 87.2 cm³/mol. The lowest BCUT2D eigenvalue weighted by molar-refractivity contribution is 0.355. The summed E-state index contributed by atoms with van der Waals surface area (Å²) in [5.41, 5.74) is 1.24. The first-order valence-electron chi connectivity index (χ1n) is 6.92. The van der Waals surface area contributed by atoms with Gasteiger partial charge in [-0.1, -0.05) is 25.4 Å². The number of piperazine rings is 1. The van der Waals surface area contributed by atoms with Gasteiger partial charge in [-0.3, -0.25) is 0 Å². The van der Waals surface area contributed by atoms with Crippen LogP contribution in [-0.2, 0) is 0 Å². The van der Waals surface area contributed by atoms with E-state index in [0.29, 0.717) is 12.1 Å². The van der Waals surface area contributed by atoms with Crippen molar-refractivity contribution < 1.29 is 0 Å². The van der Waals surface area contributed by atoms with Crippen LogP contribution in [0, 0.1) is 5.92 Å². The fourth-order valence-electron chi connectivity index (χ4n) is 2.71. The summed E-state index contributed by atoms with van der Waals surface area (Å²) >= 11 is 9.66. The molecule has 19 heavy (non-hydrogen) atoms. The maximum Gasteiger partial charge on any atom is 0.0515 e. The average Bonchev–Trinajstić information content (AvgIpc) is 2.31. The lowest BCUT2D eigenvalue weighted by atomic mass is 9.99. The summed E-state index contributed by atoms with van der Waals surface area (Å²) in [7, 11) is 0. The monoisotopic (exact) mass is 344 g/mol. The van der Waals surface area contributed by atoms with E-state index in [2.05, 4.69) is 53.0 Å². The van der Waals surface area contributed by atoms with Gasteiger partial charge < -0.3 is 10.2 Å². The maximum absolute atomic E-state index is 6.03. The number of nitrogens with one attached hydrogen (secondary N) is 1. The molecule has 0 amide bonds. The summed E-state index contributed by atoms with van der Waals surface area (Å²) in [6.45, 7) is 8.91. The van der Waals surface area contributed by atoms with E-state index < -0.39 is 0 Å². The standard InChI is InChI=1S/C15H22BrClN2/c1-10(2)6-13-9-19(11(3)8-18-13)15-5-4-12(17)7-14(15)16/h4-5,7,10-11,13,18H,6,8-9H2,1-3H3. The van der Waals surface area contributed by atoms with Crippen LogP contribution in [0.1, 0.15) is 27.2 Å². The zero-order valence-electron chi connectivity index (χ0n) is 11.8. The molecule has 1 aromatic carbocycles. The molecular formula is C15H22BrClN2. The van der Waals surface area contributed by atoms with Crippen LogP contribution in [0.15, 0.2) is 22.7 Å². The smallest absolute Gasteiger partial charge is 0.0515 e. The Kier molecular flexibility index (Phi) is 5.15. The van der Waals surface area contributed by atoms with Gasteiger partial charge in [0.15, 0.2) is 0 Å². The minimum atomic E-state index is 0.501. The van der Waals surface area contributed by atoms with Crippen LogP contribution in [0.2, 0.25) is 5.02 Å². The first-order valence-corrected chi connectivity index (χ1v) is 8.09. The topological polar surface area (TPSA) is 15.3 Å². The minimum Gasteiger partial charge on any atom is -0.365 e. The second-order valence-electron chi connectivity index (χ2n) is 5.83. The first-order chi connectivity index (χ1) is 8.97. The van der Waals surface area contributed by atoms with Gasteiger partial charge in [0.05, 0.1) is 5.69 Å². The summed E-state index contributed by atoms with van der Waals surface area (Å²) in [5.74, 6) is 0.724. The number of nitrogens with zero attached hydrogens (tertiary/aromatic N) is 1. The van der Waals surface area contributed by atoms with Crippen LogP contribution in [0.4, 0.5) is 5.69 Å². The molecule has 1 saturated heterocycles. The third-order valence-electron chi connectivity index (χ3n) is 3.63. The molecule has 1 aromatic rings. The Morgan fingerprint density at radius 1 is 1.47 bits per heavy atom. The van der Waals surface area contributed by atoms with Gasteiger partial charge in [-0.25, -0.2) is 0 Å². The van der Waals surface area contributed by atoms with E-state index in [1.165, 1.54) is 12.1 Å². The highest BCUT2D eigenvalue weighted by Gasteiger charge is 2.26. The Morgan fingerprint density at radius 2 is 2.21 bits per heavy atom. The number of hydrogen-bond acceptors (Lipinski definition) is 2. The van der Waals surface area contributed by atoms with Crippen molar-refractivity contribution in [2.75, 3.05) is 18.0 Å². The van der Waals surface area contributed by atoms with Crippen LogP contribution in [0.5, 0.6) is 0 Å². The Labute approximate surface area is 129 Å². The third-order valence-corrected chi connectivity index (χ3v) is 4.50. The van der Waals surface area contributed by atoms with Crippen molar-refractivity contribution in [1.82, 2.24) is 5.32 Å². The molecule has 1 aliphatic heterocycles. The normalized spacial score (nSPS) is 24.0. The lowest BCUT2D eigenvalue weighted by Gasteiger charge is -2.41. The SMILES string of the molecule is CC(C)CC1CN(c2ccc(Cl)cc2Br)C(C)CN1. The largest absolute Gasteiger partial charge is 0.365 e. The van der Waals surface area contributed by atoms with E-state index in [4.69, 9.17) is 11.6 Å². The van der Waals surface area contributed by atoms with Gasteiger partial charge in [0.1, 0.15) is 0 Å². The molecule has 1 fully saturated rings. The Hall–Kier alpha value is -0.250. The molecule has 1 aliphatic rings. The molecule has 0 aliphatic carbocycles. The number of rotatable bonds is 3. The van der Waals surface area contributed by atoms with Crippen molar-refractivity contribution in [2.24, 2.45) is 5.92 Å². The summed E-state index contributed by atoms with van der Waals surface area (Å²) in [6, 6.07) is 7.12. The van der Waals surface area contributed by atoms with E-state index in [-0.39, 0.29) is 0 Å². The fourth-order valence-corrected chi connectivity index (χ4v) is 3.62. The quantitative estimate of drug-likeness (QED) is 0.878. The van der Waals surface area contributed by atoms with Crippen molar-refractivity contribution in [2.45, 2.75) is 39.3 Å². The molecule has 0 bridgehead atoms. The van der Waals surface area contributed by atoms with Crippen molar-refractivity contribution in [3.63, 3.8) is 0 Å². The van der Waals surface area contributed by atoms with Gasteiger partial charge in [0.2, 0.25) is 0 Å². The number of hydrogen-bond donors (Lipinski definition) is 1. The van der Waals surface area contributed by atoms with E-state index in [0.717, 1.165) is 28.5 Å². The molecule has 2 nitrogen and oxygen atoms in total. The van der Waals surface area contributed by atoms with Crippen LogP contribution >= 0.6 is 27.5 Å². The molecule has 1 N–H and O–H groups in total. The third kappa shape index (κ3) is 3.87. The van der Waals surface area contributed by atoms with E-state index in [1.807, 2.05) is 12.1 Å². The zero-order valence-corrected chi connectivity index (χ0v) is 14.1. The highest BCUT2D eigenvalue weighted by molar-refractivity contribution is 9.10. The van der Waals surface area contributed by atoms with Crippen LogP contribution < -0.4 is 10.2 Å². The highest BCUT2D eigenvalue weighted by atomic mass is 79.9. The minimum absolute atomic E-state index is 0.501. The second kappa shape index (κ2) is 6.47. The molecule has 2 unspecified atom stereocenters. The van der Waals surface area contributed by atoms with E-state index in [1.54, 1.807) is 0 Å². The maximum atomic E-state index is 6.03. The molecule has 0 radical (unpaired) electrons. The predicted octanol–water partition coefficient (Wildman–Crippen LogP) is 4.32. The molecule has 106 valence electrons. The molecule has 4 heteroatoms. The van der Waals surface area contributed by atoms with Crippen LogP contribution in [0.25, 0.3) is 0 Å². The van der Waals surface area contributed by atoms with Crippen LogP contribution in [-0.4, -0.2) is 25.2 Å². The Balaban J connectivity index is 2.16. The van der Waals surface area contributed by atoms with Gasteiger partial charge in [0.25, 0.3) is 0 Å². The molecule has 2 rings (SSSR count). The average molecular weight is 346 g/mol. The summed E-state index contributed by atoms with van der Waals surface area (Å²) < 4.78 is 1.08. The van der Waals surface area contributed by atoms with Gasteiger partial charge in [0, 0.05) is 34.7 Å². The molecule has 0 aromatic heterocycles. The van der Waals surface area contributed by atoms with Crippen molar-refractivity contribution in [3.05, 3.63) is 27.7 Å². The van der Waals surface area contributed by atoms with E-state index >= 15 is 0 Å². The second-order valence-corrected chi connectivity index (χ2v) is 7.12. The van der Waals surface area contributed by atoms with Crippen molar-refractivity contribution in [1.29, 1.82) is 0 Å². The van der Waals surface area contributed by atoms with E-state index in [9.17, 15) is 0 Å². The number of halogens is 2. The van der Waals surface area contributed by atoms with Gasteiger partial charge >= 0.3 is 0 Å². The number of anilines is 1. The van der Waals surface area contributed by atoms with Gasteiger partial charge in [-0.2, -0.15) is 0 Å². The Morgan fingerprint density at radius 3 is 2.84 bits per heavy atom. The first kappa shape index (κ1) is 15.1. The van der Waals surface area contributed by atoms with Gasteiger partial charge in [-0.05, 0) is 53.4 Å². The highest BCUT2D eigenvalue weighted by Crippen LogP contribution is 2.31. The summed E-state index contributed by atoms with van der Waals surface area (Å²) in [5, 5.41) is 4.42. The fraction of sp³-hybridized carbons (Fsp3) is 0.600. The number of benzene rings is 1. The summed E-state index contributed by atoms with van der Waals surface area (Å²) in [4.78, 5) is 2.48. The molecule has 0 spiro atoms. The molecule has 1 heterocycles. The van der Waals surface area contributed by atoms with Crippen molar-refractivity contribution in [3.8, 4) is 0 Å². The molecule has 0 saturated carbocycles.